The zero-order chi connectivity index (χ0) is 17.0. The highest BCUT2D eigenvalue weighted by Crippen LogP contribution is 2.18. The molecule has 1 atom stereocenters. The van der Waals surface area contributed by atoms with E-state index in [1.807, 2.05) is 0 Å². The van der Waals surface area contributed by atoms with Gasteiger partial charge in [0, 0.05) is 12.8 Å². The highest BCUT2D eigenvalue weighted by molar-refractivity contribution is 5.97. The van der Waals surface area contributed by atoms with Gasteiger partial charge in [0.1, 0.15) is 5.56 Å². The van der Waals surface area contributed by atoms with Crippen molar-refractivity contribution in [2.75, 3.05) is 13.7 Å². The van der Waals surface area contributed by atoms with E-state index in [0.717, 1.165) is 43.4 Å². The first-order valence-corrected chi connectivity index (χ1v) is 7.67. The Kier molecular flexibility index (Phi) is 5.20. The van der Waals surface area contributed by atoms with Gasteiger partial charge >= 0.3 is 5.97 Å². The number of hydrogen-bond donors (Lipinski definition) is 3. The summed E-state index contributed by atoms with van der Waals surface area (Å²) >= 11 is 0. The summed E-state index contributed by atoms with van der Waals surface area (Å²) in [6.07, 6.45) is 4.71. The van der Waals surface area contributed by atoms with Crippen molar-refractivity contribution in [3.05, 3.63) is 33.2 Å². The fourth-order valence-electron chi connectivity index (χ4n) is 2.78. The van der Waals surface area contributed by atoms with Crippen molar-refractivity contribution >= 4 is 11.9 Å². The van der Waals surface area contributed by atoms with Crippen LogP contribution in [0.4, 0.5) is 0 Å². The Morgan fingerprint density at radius 2 is 2.04 bits per heavy atom. The number of aryl methyl sites for hydroxylation is 2. The largest absolute Gasteiger partial charge is 0.479 e. The van der Waals surface area contributed by atoms with Crippen molar-refractivity contribution in [1.29, 1.82) is 0 Å². The van der Waals surface area contributed by atoms with Crippen molar-refractivity contribution in [1.82, 2.24) is 10.3 Å². The number of nitrogens with one attached hydrogen (secondary N) is 2. The molecule has 2 rings (SSSR count). The zero-order valence-electron chi connectivity index (χ0n) is 13.4. The fourth-order valence-corrected chi connectivity index (χ4v) is 2.78. The van der Waals surface area contributed by atoms with Crippen LogP contribution in [0.25, 0.3) is 0 Å². The van der Waals surface area contributed by atoms with Crippen molar-refractivity contribution in [2.45, 2.75) is 44.6 Å². The lowest BCUT2D eigenvalue weighted by Gasteiger charge is -2.25. The Bertz CT molecular complexity index is 667. The van der Waals surface area contributed by atoms with Gasteiger partial charge < -0.3 is 20.1 Å². The number of carboxylic acids is 1. The normalized spacial score (nSPS) is 16.8. The maximum absolute atomic E-state index is 12.4. The maximum atomic E-state index is 12.4. The van der Waals surface area contributed by atoms with Crippen LogP contribution >= 0.6 is 0 Å². The van der Waals surface area contributed by atoms with Crippen molar-refractivity contribution in [3.8, 4) is 0 Å². The van der Waals surface area contributed by atoms with Gasteiger partial charge in [-0.15, -0.1) is 0 Å². The number of methoxy groups -OCH3 is 1. The molecule has 0 spiro atoms. The summed E-state index contributed by atoms with van der Waals surface area (Å²) in [4.78, 5) is 38.7. The molecule has 0 saturated heterocycles. The molecule has 1 aromatic heterocycles. The van der Waals surface area contributed by atoms with E-state index in [-0.39, 0.29) is 12.2 Å². The van der Waals surface area contributed by atoms with Crippen LogP contribution in [0.15, 0.2) is 10.9 Å². The minimum Gasteiger partial charge on any atom is -0.479 e. The Morgan fingerprint density at radius 1 is 1.35 bits per heavy atom. The number of ether oxygens (including phenoxy) is 1. The number of H-pyrrole nitrogens is 1. The van der Waals surface area contributed by atoms with Gasteiger partial charge in [-0.1, -0.05) is 6.42 Å². The van der Waals surface area contributed by atoms with Crippen LogP contribution in [0.1, 0.15) is 47.8 Å². The predicted molar refractivity (Wildman–Crippen MR) is 83.7 cm³/mol. The molecule has 126 valence electrons. The lowest BCUT2D eigenvalue weighted by Crippen LogP contribution is -2.56. The standard InChI is InChI=1S/C16H22N2O5/c1-16(9-23-2,15(21)22)18-14(20)11-8-10-6-4-3-5-7-12(10)17-13(11)19/h8H,3-7,9H2,1-2H3,(H,17,19)(H,18,20)(H,21,22). The number of pyridine rings is 1. The van der Waals surface area contributed by atoms with Crippen LogP contribution in [0, 0.1) is 0 Å². The Morgan fingerprint density at radius 3 is 2.70 bits per heavy atom. The SMILES string of the molecule is COCC(C)(NC(=O)c1cc2c([nH]c1=O)CCCCC2)C(=O)O. The lowest BCUT2D eigenvalue weighted by molar-refractivity contribution is -0.145. The molecule has 7 heteroatoms. The summed E-state index contributed by atoms with van der Waals surface area (Å²) in [6.45, 7) is 1.14. The van der Waals surface area contributed by atoms with Gasteiger partial charge in [-0.05, 0) is 44.2 Å². The van der Waals surface area contributed by atoms with Gasteiger partial charge in [-0.25, -0.2) is 4.79 Å². The molecule has 1 aliphatic carbocycles. The first kappa shape index (κ1) is 17.2. The number of rotatable bonds is 5. The molecule has 0 bridgehead atoms. The predicted octanol–water partition coefficient (Wildman–Crippen LogP) is 0.863. The van der Waals surface area contributed by atoms with Crippen molar-refractivity contribution < 1.29 is 19.4 Å². The second kappa shape index (κ2) is 6.95. The molecule has 3 N–H and O–H groups in total. The molecule has 0 saturated carbocycles. The van der Waals surface area contributed by atoms with Gasteiger partial charge in [-0.3, -0.25) is 9.59 Å². The van der Waals surface area contributed by atoms with E-state index < -0.39 is 23.0 Å². The summed E-state index contributed by atoms with van der Waals surface area (Å²) in [5.74, 6) is -1.93. The molecular weight excluding hydrogens is 300 g/mol. The summed E-state index contributed by atoms with van der Waals surface area (Å²) in [6, 6.07) is 1.59. The number of aromatic amines is 1. The number of hydrogen-bond acceptors (Lipinski definition) is 4. The number of aromatic nitrogens is 1. The average molecular weight is 322 g/mol. The Balaban J connectivity index is 2.30. The number of carbonyl (C=O) groups excluding carboxylic acids is 1. The first-order chi connectivity index (χ1) is 10.9. The smallest absolute Gasteiger partial charge is 0.331 e. The number of carboxylic acid groups (broad SMARTS) is 1. The summed E-state index contributed by atoms with van der Waals surface area (Å²) in [5, 5.41) is 11.7. The van der Waals surface area contributed by atoms with Gasteiger partial charge in [-0.2, -0.15) is 0 Å². The monoisotopic (exact) mass is 322 g/mol. The van der Waals surface area contributed by atoms with E-state index in [9.17, 15) is 19.5 Å². The maximum Gasteiger partial charge on any atom is 0.331 e. The zero-order valence-corrected chi connectivity index (χ0v) is 13.4. The second-order valence-corrected chi connectivity index (χ2v) is 6.10. The number of carbonyl (C=O) groups is 2. The van der Waals surface area contributed by atoms with Crippen molar-refractivity contribution in [3.63, 3.8) is 0 Å². The molecule has 1 aliphatic rings. The van der Waals surface area contributed by atoms with Crippen molar-refractivity contribution in [2.24, 2.45) is 0 Å². The van der Waals surface area contributed by atoms with Crippen LogP contribution in [0.3, 0.4) is 0 Å². The van der Waals surface area contributed by atoms with Gasteiger partial charge in [0.05, 0.1) is 6.61 Å². The lowest BCUT2D eigenvalue weighted by atomic mass is 10.0. The van der Waals surface area contributed by atoms with Crippen LogP contribution in [0.5, 0.6) is 0 Å². The van der Waals surface area contributed by atoms with Gasteiger partial charge in [0.15, 0.2) is 5.54 Å². The average Bonchev–Trinajstić information content (AvgIpc) is 2.71. The topological polar surface area (TPSA) is 108 Å². The van der Waals surface area contributed by atoms with Gasteiger partial charge in [0.2, 0.25) is 0 Å². The van der Waals surface area contributed by atoms with E-state index in [0.29, 0.717) is 0 Å². The van der Waals surface area contributed by atoms with Crippen LogP contribution < -0.4 is 10.9 Å². The fraction of sp³-hybridized carbons (Fsp3) is 0.562. The first-order valence-electron chi connectivity index (χ1n) is 7.67. The summed E-state index contributed by atoms with van der Waals surface area (Å²) in [7, 11) is 1.35. The molecule has 0 aliphatic heterocycles. The van der Waals surface area contributed by atoms with Crippen LogP contribution in [-0.2, 0) is 22.4 Å². The molecule has 1 aromatic rings. The quantitative estimate of drug-likeness (QED) is 0.697. The molecule has 0 aromatic carbocycles. The third kappa shape index (κ3) is 3.79. The molecule has 0 fully saturated rings. The van der Waals surface area contributed by atoms with E-state index in [2.05, 4.69) is 10.3 Å². The molecular formula is C16H22N2O5. The third-order valence-electron chi connectivity index (χ3n) is 4.13. The minimum absolute atomic E-state index is 0.0609. The van der Waals surface area contributed by atoms with E-state index >= 15 is 0 Å². The number of amides is 1. The van der Waals surface area contributed by atoms with E-state index in [1.54, 1.807) is 6.07 Å². The Labute approximate surface area is 134 Å². The van der Waals surface area contributed by atoms with Gasteiger partial charge in [0.25, 0.3) is 11.5 Å². The molecule has 1 heterocycles. The highest BCUT2D eigenvalue weighted by Gasteiger charge is 2.36. The minimum atomic E-state index is -1.59. The molecule has 1 unspecified atom stereocenters. The summed E-state index contributed by atoms with van der Waals surface area (Å²) in [5.41, 5.74) is -0.314. The molecule has 7 nitrogen and oxygen atoms in total. The number of fused-ring (bicyclic) bond motifs is 1. The summed E-state index contributed by atoms with van der Waals surface area (Å²) < 4.78 is 4.86. The molecule has 1 amide bonds. The van der Waals surface area contributed by atoms with Crippen LogP contribution in [0.2, 0.25) is 0 Å². The second-order valence-electron chi connectivity index (χ2n) is 6.10. The molecule has 23 heavy (non-hydrogen) atoms. The van der Waals surface area contributed by atoms with E-state index in [1.165, 1.54) is 14.0 Å². The van der Waals surface area contributed by atoms with E-state index in [4.69, 9.17) is 4.74 Å². The Hall–Kier alpha value is -2.15. The van der Waals surface area contributed by atoms with Crippen LogP contribution in [-0.4, -0.2) is 41.2 Å². The third-order valence-corrected chi connectivity index (χ3v) is 4.13. The number of aliphatic carboxylic acids is 1. The highest BCUT2D eigenvalue weighted by atomic mass is 16.5. The molecule has 0 radical (unpaired) electrons.